The summed E-state index contributed by atoms with van der Waals surface area (Å²) in [5, 5.41) is 12.1. The van der Waals surface area contributed by atoms with Crippen LogP contribution in [0.3, 0.4) is 0 Å². The molecule has 1 amide bonds. The first-order chi connectivity index (χ1) is 12.7. The van der Waals surface area contributed by atoms with Gasteiger partial charge in [0.25, 0.3) is 0 Å². The molecule has 26 heavy (non-hydrogen) atoms. The maximum atomic E-state index is 11.9. The molecule has 7 heteroatoms. The number of nitrogens with one attached hydrogen (secondary N) is 1. The molecule has 3 rings (SSSR count). The summed E-state index contributed by atoms with van der Waals surface area (Å²) in [6.07, 6.45) is 3.29. The third-order valence-electron chi connectivity index (χ3n) is 3.66. The number of carbonyl (C=O) groups excluding carboxylic acids is 1. The first-order valence-electron chi connectivity index (χ1n) is 8.20. The fraction of sp³-hybridized carbons (Fsp3) is 0.211. The zero-order chi connectivity index (χ0) is 18.4. The van der Waals surface area contributed by atoms with Gasteiger partial charge in [-0.15, -0.1) is 16.8 Å². The number of aromatic nitrogens is 3. The Balaban J connectivity index is 1.86. The summed E-state index contributed by atoms with van der Waals surface area (Å²) < 4.78 is 7.45. The first kappa shape index (κ1) is 18.0. The summed E-state index contributed by atoms with van der Waals surface area (Å²) in [7, 11) is 0. The van der Waals surface area contributed by atoms with Gasteiger partial charge in [-0.1, -0.05) is 41.6 Å². The largest absolute Gasteiger partial charge is 0.467 e. The van der Waals surface area contributed by atoms with Crippen molar-refractivity contribution in [2.75, 3.05) is 12.3 Å². The number of nitrogens with zero attached hydrogens (tertiary/aromatic N) is 3. The number of hydrogen-bond donors (Lipinski definition) is 1. The van der Waals surface area contributed by atoms with Gasteiger partial charge in [0.15, 0.2) is 11.0 Å². The van der Waals surface area contributed by atoms with Crippen molar-refractivity contribution in [2.45, 2.75) is 18.6 Å². The summed E-state index contributed by atoms with van der Waals surface area (Å²) in [6.45, 7) is 6.58. The van der Waals surface area contributed by atoms with Crippen LogP contribution in [-0.4, -0.2) is 33.0 Å². The average molecular weight is 368 g/mol. The molecule has 0 aliphatic carbocycles. The molecule has 3 aromatic rings. The molecule has 0 unspecified atom stereocenters. The van der Waals surface area contributed by atoms with Crippen LogP contribution in [0.4, 0.5) is 0 Å². The van der Waals surface area contributed by atoms with Crippen LogP contribution < -0.4 is 5.32 Å². The normalized spacial score (nSPS) is 10.7. The second-order valence-corrected chi connectivity index (χ2v) is 6.67. The second kappa shape index (κ2) is 8.53. The van der Waals surface area contributed by atoms with Crippen molar-refractivity contribution in [2.24, 2.45) is 0 Å². The highest BCUT2D eigenvalue weighted by atomic mass is 32.2. The highest BCUT2D eigenvalue weighted by molar-refractivity contribution is 7.99. The Morgan fingerprint density at radius 2 is 2.23 bits per heavy atom. The number of aryl methyl sites for hydroxylation is 1. The van der Waals surface area contributed by atoms with Gasteiger partial charge in [0, 0.05) is 12.1 Å². The molecular formula is C19H20N4O2S. The molecular weight excluding hydrogens is 348 g/mol. The van der Waals surface area contributed by atoms with Crippen LogP contribution >= 0.6 is 11.8 Å². The van der Waals surface area contributed by atoms with E-state index < -0.39 is 0 Å². The van der Waals surface area contributed by atoms with Crippen molar-refractivity contribution in [3.8, 4) is 11.4 Å². The number of benzene rings is 1. The Labute approximate surface area is 156 Å². The number of amides is 1. The number of furan rings is 1. The van der Waals surface area contributed by atoms with E-state index in [0.29, 0.717) is 18.2 Å². The van der Waals surface area contributed by atoms with Crippen molar-refractivity contribution in [1.29, 1.82) is 0 Å². The summed E-state index contributed by atoms with van der Waals surface area (Å²) >= 11 is 1.35. The maximum Gasteiger partial charge on any atom is 0.230 e. The van der Waals surface area contributed by atoms with E-state index in [2.05, 4.69) is 28.2 Å². The molecule has 0 radical (unpaired) electrons. The van der Waals surface area contributed by atoms with E-state index in [-0.39, 0.29) is 11.7 Å². The van der Waals surface area contributed by atoms with Gasteiger partial charge >= 0.3 is 0 Å². The SMILES string of the molecule is C=CCNC(=O)CSc1nnc(-c2cccc(C)c2)n1Cc1ccco1. The van der Waals surface area contributed by atoms with Crippen molar-refractivity contribution >= 4 is 17.7 Å². The highest BCUT2D eigenvalue weighted by Gasteiger charge is 2.17. The minimum Gasteiger partial charge on any atom is -0.467 e. The van der Waals surface area contributed by atoms with Crippen LogP contribution in [0.25, 0.3) is 11.4 Å². The number of hydrogen-bond acceptors (Lipinski definition) is 5. The Bertz CT molecular complexity index is 887. The van der Waals surface area contributed by atoms with Gasteiger partial charge in [-0.3, -0.25) is 9.36 Å². The topological polar surface area (TPSA) is 73.0 Å². The molecule has 0 atom stereocenters. The zero-order valence-electron chi connectivity index (χ0n) is 14.5. The summed E-state index contributed by atoms with van der Waals surface area (Å²) in [5.74, 6) is 1.74. The van der Waals surface area contributed by atoms with Crippen LogP contribution in [0.1, 0.15) is 11.3 Å². The van der Waals surface area contributed by atoms with Crippen LogP contribution in [0.2, 0.25) is 0 Å². The Hall–Kier alpha value is -2.80. The fourth-order valence-corrected chi connectivity index (χ4v) is 3.23. The average Bonchev–Trinajstić information content (AvgIpc) is 3.28. The van der Waals surface area contributed by atoms with Crippen LogP contribution in [0.5, 0.6) is 0 Å². The van der Waals surface area contributed by atoms with E-state index in [0.717, 1.165) is 22.7 Å². The van der Waals surface area contributed by atoms with E-state index in [1.54, 1.807) is 12.3 Å². The Morgan fingerprint density at radius 1 is 1.35 bits per heavy atom. The molecule has 2 aromatic heterocycles. The van der Waals surface area contributed by atoms with Gasteiger partial charge in [-0.2, -0.15) is 0 Å². The quantitative estimate of drug-likeness (QED) is 0.488. The fourth-order valence-electron chi connectivity index (χ4n) is 2.46. The molecule has 2 heterocycles. The van der Waals surface area contributed by atoms with Crippen LogP contribution in [-0.2, 0) is 11.3 Å². The standard InChI is InChI=1S/C19H20N4O2S/c1-3-9-20-17(24)13-26-19-22-21-18(15-7-4-6-14(2)11-15)23(19)12-16-8-5-10-25-16/h3-8,10-11H,1,9,12-13H2,2H3,(H,20,24). The molecule has 0 aliphatic rings. The lowest BCUT2D eigenvalue weighted by Crippen LogP contribution is -2.25. The second-order valence-electron chi connectivity index (χ2n) is 5.72. The lowest BCUT2D eigenvalue weighted by atomic mass is 10.1. The summed E-state index contributed by atoms with van der Waals surface area (Å²) in [6, 6.07) is 11.9. The minimum atomic E-state index is -0.0699. The van der Waals surface area contributed by atoms with Gasteiger partial charge in [0.1, 0.15) is 5.76 Å². The van der Waals surface area contributed by atoms with Gasteiger partial charge in [-0.25, -0.2) is 0 Å². The Morgan fingerprint density at radius 3 is 2.96 bits per heavy atom. The predicted molar refractivity (Wildman–Crippen MR) is 102 cm³/mol. The third-order valence-corrected chi connectivity index (χ3v) is 4.63. The number of thioether (sulfide) groups is 1. The zero-order valence-corrected chi connectivity index (χ0v) is 15.3. The monoisotopic (exact) mass is 368 g/mol. The number of rotatable bonds is 8. The van der Waals surface area contributed by atoms with Gasteiger partial charge in [0.2, 0.25) is 5.91 Å². The first-order valence-corrected chi connectivity index (χ1v) is 9.19. The van der Waals surface area contributed by atoms with Gasteiger partial charge in [0.05, 0.1) is 18.6 Å². The summed E-state index contributed by atoms with van der Waals surface area (Å²) in [5.41, 5.74) is 2.13. The molecule has 0 spiro atoms. The number of carbonyl (C=O) groups is 1. The van der Waals surface area contributed by atoms with Crippen molar-refractivity contribution in [3.63, 3.8) is 0 Å². The predicted octanol–water partition coefficient (Wildman–Crippen LogP) is 3.29. The van der Waals surface area contributed by atoms with Crippen LogP contribution in [0.15, 0.2) is 64.9 Å². The van der Waals surface area contributed by atoms with Crippen molar-refractivity contribution in [3.05, 3.63) is 66.6 Å². The Kier molecular flexibility index (Phi) is 5.91. The van der Waals surface area contributed by atoms with E-state index in [1.165, 1.54) is 11.8 Å². The molecule has 134 valence electrons. The van der Waals surface area contributed by atoms with Crippen molar-refractivity contribution < 1.29 is 9.21 Å². The van der Waals surface area contributed by atoms with Gasteiger partial charge < -0.3 is 9.73 Å². The minimum absolute atomic E-state index is 0.0699. The van der Waals surface area contributed by atoms with E-state index in [4.69, 9.17) is 4.42 Å². The molecule has 0 bridgehead atoms. The lowest BCUT2D eigenvalue weighted by molar-refractivity contribution is -0.118. The van der Waals surface area contributed by atoms with E-state index in [9.17, 15) is 4.79 Å². The van der Waals surface area contributed by atoms with Crippen molar-refractivity contribution in [1.82, 2.24) is 20.1 Å². The van der Waals surface area contributed by atoms with Crippen LogP contribution in [0, 0.1) is 6.92 Å². The molecule has 1 N–H and O–H groups in total. The van der Waals surface area contributed by atoms with Gasteiger partial charge in [-0.05, 0) is 25.1 Å². The molecule has 0 aliphatic heterocycles. The van der Waals surface area contributed by atoms with E-state index in [1.807, 2.05) is 41.8 Å². The molecule has 1 aromatic carbocycles. The molecule has 0 fully saturated rings. The molecule has 0 saturated carbocycles. The maximum absolute atomic E-state index is 11.9. The molecule has 6 nitrogen and oxygen atoms in total. The lowest BCUT2D eigenvalue weighted by Gasteiger charge is -2.09. The van der Waals surface area contributed by atoms with E-state index >= 15 is 0 Å². The molecule has 0 saturated heterocycles. The summed E-state index contributed by atoms with van der Waals surface area (Å²) in [4.78, 5) is 11.9. The smallest absolute Gasteiger partial charge is 0.230 e. The third kappa shape index (κ3) is 4.43. The highest BCUT2D eigenvalue weighted by Crippen LogP contribution is 2.25.